The Morgan fingerprint density at radius 3 is 1.54 bits per heavy atom. The average Bonchev–Trinajstić information content (AvgIpc) is 3.87. The van der Waals surface area contributed by atoms with Crippen molar-refractivity contribution in [3.8, 4) is 44.9 Å². The second-order valence-electron chi connectivity index (χ2n) is 18.6. The van der Waals surface area contributed by atoms with Crippen molar-refractivity contribution in [1.29, 1.82) is 0 Å². The van der Waals surface area contributed by atoms with Crippen molar-refractivity contribution < 1.29 is 4.74 Å². The molecular weight excluding hydrogens is 855 g/mol. The Bertz CT molecular complexity index is 3840. The predicted molar refractivity (Wildman–Crippen MR) is 283 cm³/mol. The van der Waals surface area contributed by atoms with Gasteiger partial charge in [0.15, 0.2) is 0 Å². The zero-order chi connectivity index (χ0) is 45.3. The van der Waals surface area contributed by atoms with E-state index in [1.165, 1.54) is 87.3 Å². The average molecular weight is 896 g/mol. The summed E-state index contributed by atoms with van der Waals surface area (Å²) >= 11 is 1.89. The van der Waals surface area contributed by atoms with Crippen LogP contribution in [0.15, 0.2) is 259 Å². The lowest BCUT2D eigenvalue weighted by Gasteiger charge is -2.39. The molecule has 2 aliphatic heterocycles. The largest absolute Gasteiger partial charge is 0.457 e. The Kier molecular flexibility index (Phi) is 8.17. The number of para-hydroxylation sites is 2. The maximum atomic E-state index is 6.74. The summed E-state index contributed by atoms with van der Waals surface area (Å²) < 4.78 is 6.74. The number of anilines is 3. The molecule has 2 nitrogen and oxygen atoms in total. The molecule has 2 spiro atoms. The molecule has 0 aromatic heterocycles. The van der Waals surface area contributed by atoms with E-state index in [1.807, 2.05) is 11.8 Å². The van der Waals surface area contributed by atoms with E-state index in [2.05, 4.69) is 254 Å². The van der Waals surface area contributed by atoms with Gasteiger partial charge < -0.3 is 9.64 Å². The molecular formula is C66H41NOS. The van der Waals surface area contributed by atoms with Crippen LogP contribution in [0, 0.1) is 0 Å². The van der Waals surface area contributed by atoms with Crippen molar-refractivity contribution in [3.63, 3.8) is 0 Å². The van der Waals surface area contributed by atoms with E-state index < -0.39 is 10.8 Å². The maximum Gasteiger partial charge on any atom is 0.132 e. The lowest BCUT2D eigenvalue weighted by Crippen LogP contribution is -2.32. The smallest absolute Gasteiger partial charge is 0.132 e. The summed E-state index contributed by atoms with van der Waals surface area (Å²) in [6, 6.07) is 92.3. The van der Waals surface area contributed by atoms with Gasteiger partial charge in [0.2, 0.25) is 0 Å². The molecule has 0 bridgehead atoms. The van der Waals surface area contributed by atoms with Crippen molar-refractivity contribution in [1.82, 2.24) is 0 Å². The fourth-order valence-electron chi connectivity index (χ4n) is 12.7. The van der Waals surface area contributed by atoms with Gasteiger partial charge in [-0.05, 0) is 127 Å². The van der Waals surface area contributed by atoms with Gasteiger partial charge in [-0.15, -0.1) is 0 Å². The molecule has 11 aromatic rings. The van der Waals surface area contributed by atoms with Crippen LogP contribution in [0.5, 0.6) is 11.5 Å². The number of hydrogen-bond donors (Lipinski definition) is 0. The van der Waals surface area contributed by atoms with Crippen molar-refractivity contribution in [3.05, 3.63) is 293 Å². The van der Waals surface area contributed by atoms with E-state index in [1.54, 1.807) is 0 Å². The summed E-state index contributed by atoms with van der Waals surface area (Å²) in [6.45, 7) is 0. The number of hydrogen-bond acceptors (Lipinski definition) is 3. The van der Waals surface area contributed by atoms with Crippen LogP contribution in [0.2, 0.25) is 0 Å². The molecule has 0 radical (unpaired) electrons. The summed E-state index contributed by atoms with van der Waals surface area (Å²) in [7, 11) is 0. The Morgan fingerprint density at radius 1 is 0.333 bits per heavy atom. The first-order valence-electron chi connectivity index (χ1n) is 23.8. The zero-order valence-electron chi connectivity index (χ0n) is 37.4. The molecule has 0 atom stereocenters. The third-order valence-corrected chi connectivity index (χ3v) is 16.5. The minimum Gasteiger partial charge on any atom is -0.457 e. The lowest BCUT2D eigenvalue weighted by atomic mass is 9.66. The summed E-state index contributed by atoms with van der Waals surface area (Å²) in [5.41, 5.74) is 19.9. The maximum absolute atomic E-state index is 6.74. The third-order valence-electron chi connectivity index (χ3n) is 15.4. The van der Waals surface area contributed by atoms with E-state index >= 15 is 0 Å². The van der Waals surface area contributed by atoms with E-state index in [4.69, 9.17) is 4.74 Å². The van der Waals surface area contributed by atoms with Crippen LogP contribution in [0.1, 0.15) is 44.5 Å². The van der Waals surface area contributed by atoms with Crippen LogP contribution in [-0.2, 0) is 10.8 Å². The highest BCUT2D eigenvalue weighted by Gasteiger charge is 2.53. The fraction of sp³-hybridized carbons (Fsp3) is 0.0303. The molecule has 0 N–H and O–H groups in total. The number of fused-ring (bicyclic) bond motifs is 19. The summed E-state index contributed by atoms with van der Waals surface area (Å²) in [6.07, 6.45) is 0. The second kappa shape index (κ2) is 14.6. The number of nitrogens with zero attached hydrogens (tertiary/aromatic N) is 1. The van der Waals surface area contributed by atoms with Crippen molar-refractivity contribution >= 4 is 39.6 Å². The van der Waals surface area contributed by atoms with Crippen molar-refractivity contribution in [2.75, 3.05) is 4.90 Å². The molecule has 0 saturated carbocycles. The van der Waals surface area contributed by atoms with E-state index in [9.17, 15) is 0 Å². The molecule has 0 unspecified atom stereocenters. The van der Waals surface area contributed by atoms with Gasteiger partial charge in [-0.25, -0.2) is 0 Å². The highest BCUT2D eigenvalue weighted by molar-refractivity contribution is 7.99. The monoisotopic (exact) mass is 895 g/mol. The van der Waals surface area contributed by atoms with Crippen LogP contribution in [-0.4, -0.2) is 0 Å². The Labute approximate surface area is 405 Å². The van der Waals surface area contributed by atoms with Gasteiger partial charge in [0, 0.05) is 37.6 Å². The lowest BCUT2D eigenvalue weighted by molar-refractivity contribution is 0.436. The van der Waals surface area contributed by atoms with Gasteiger partial charge >= 0.3 is 0 Å². The molecule has 69 heavy (non-hydrogen) atoms. The van der Waals surface area contributed by atoms with Gasteiger partial charge in [-0.3, -0.25) is 0 Å². The number of rotatable bonds is 4. The predicted octanol–water partition coefficient (Wildman–Crippen LogP) is 17.3. The topological polar surface area (TPSA) is 12.5 Å². The first-order chi connectivity index (χ1) is 34.2. The molecule has 322 valence electrons. The fourth-order valence-corrected chi connectivity index (χ4v) is 13.9. The minimum absolute atomic E-state index is 0.462. The molecule has 3 heteroatoms. The summed E-state index contributed by atoms with van der Waals surface area (Å²) in [5.74, 6) is 1.78. The van der Waals surface area contributed by atoms with Crippen LogP contribution < -0.4 is 9.64 Å². The quantitative estimate of drug-likeness (QED) is 0.175. The van der Waals surface area contributed by atoms with Crippen LogP contribution in [0.25, 0.3) is 44.2 Å². The van der Waals surface area contributed by atoms with Crippen molar-refractivity contribution in [2.45, 2.75) is 20.6 Å². The van der Waals surface area contributed by atoms with E-state index in [-0.39, 0.29) is 0 Å². The van der Waals surface area contributed by atoms with Crippen LogP contribution in [0.4, 0.5) is 17.1 Å². The van der Waals surface area contributed by atoms with Crippen molar-refractivity contribution in [2.24, 2.45) is 0 Å². The standard InChI is InChI=1S/C66H41NOS/c1-2-18-42(19-3-1)43-36-38-45(39-37-43)67(59-31-17-29-56-64(59)47-22-5-7-24-51(47)65(56)52-25-8-12-32-60(52)68-61-33-13-9-26-53(61)65)58-30-16-20-44-40-57-49(41-48(44)58)46-21-4-6-23-50(46)66(57)54-27-10-14-34-62(54)69-63-35-15-11-28-55(63)66/h1-41H. The second-order valence-corrected chi connectivity index (χ2v) is 19.7. The molecule has 4 aliphatic rings. The number of benzene rings is 11. The van der Waals surface area contributed by atoms with E-state index in [0.717, 1.165) is 39.7 Å². The molecule has 11 aromatic carbocycles. The summed E-state index contributed by atoms with van der Waals surface area (Å²) in [5, 5.41) is 2.40. The van der Waals surface area contributed by atoms with Gasteiger partial charge in [0.25, 0.3) is 0 Å². The molecule has 2 heterocycles. The van der Waals surface area contributed by atoms with Crippen LogP contribution >= 0.6 is 11.8 Å². The third kappa shape index (κ3) is 5.17. The SMILES string of the molecule is c1ccc(-c2ccc(N(c3cccc4c3-c3ccccc3C43c4ccccc4Oc4ccccc43)c3cccc4cc5c(cc34)-c3ccccc3C53c4ccccc4Sc4ccccc43)cc2)cc1. The minimum atomic E-state index is -0.599. The summed E-state index contributed by atoms with van der Waals surface area (Å²) in [4.78, 5) is 5.15. The molecule has 15 rings (SSSR count). The first-order valence-corrected chi connectivity index (χ1v) is 24.6. The molecule has 0 amide bonds. The highest BCUT2D eigenvalue weighted by Crippen LogP contribution is 2.66. The first kappa shape index (κ1) is 38.7. The van der Waals surface area contributed by atoms with E-state index in [0.29, 0.717) is 0 Å². The molecule has 0 saturated heterocycles. The Hall–Kier alpha value is -8.37. The normalized spacial score (nSPS) is 14.4. The Morgan fingerprint density at radius 2 is 0.841 bits per heavy atom. The molecule has 2 aliphatic carbocycles. The van der Waals surface area contributed by atoms with Gasteiger partial charge in [0.05, 0.1) is 22.2 Å². The van der Waals surface area contributed by atoms with Gasteiger partial charge in [0.1, 0.15) is 11.5 Å². The zero-order valence-corrected chi connectivity index (χ0v) is 38.3. The van der Waals surface area contributed by atoms with Gasteiger partial charge in [-0.2, -0.15) is 0 Å². The van der Waals surface area contributed by atoms with Crippen LogP contribution in [0.3, 0.4) is 0 Å². The Balaban J connectivity index is 1.02. The van der Waals surface area contributed by atoms with Gasteiger partial charge in [-0.1, -0.05) is 200 Å². The number of ether oxygens (including phenoxy) is 1. The highest BCUT2D eigenvalue weighted by atomic mass is 32.2. The molecule has 0 fully saturated rings.